The molecule has 0 aliphatic carbocycles. The van der Waals surface area contributed by atoms with Gasteiger partial charge in [-0.25, -0.2) is 4.98 Å². The van der Waals surface area contributed by atoms with Crippen molar-refractivity contribution in [2.24, 2.45) is 0 Å². The lowest BCUT2D eigenvalue weighted by molar-refractivity contribution is 0.0949. The highest BCUT2D eigenvalue weighted by Crippen LogP contribution is 2.11. The van der Waals surface area contributed by atoms with Gasteiger partial charge in [-0.1, -0.05) is 12.8 Å². The molecule has 1 aromatic heterocycles. The molecule has 1 N–H and O–H groups in total. The minimum absolute atomic E-state index is 0.139. The topological polar surface area (TPSA) is 42.0 Å². The summed E-state index contributed by atoms with van der Waals surface area (Å²) in [6.45, 7) is 3.79. The quantitative estimate of drug-likeness (QED) is 0.766. The van der Waals surface area contributed by atoms with E-state index < -0.39 is 0 Å². The van der Waals surface area contributed by atoms with E-state index >= 15 is 0 Å². The van der Waals surface area contributed by atoms with Crippen molar-refractivity contribution in [3.05, 3.63) is 16.1 Å². The fourth-order valence-corrected chi connectivity index (χ4v) is 1.64. The van der Waals surface area contributed by atoms with Crippen molar-refractivity contribution in [3.8, 4) is 12.3 Å². The van der Waals surface area contributed by atoms with Gasteiger partial charge >= 0.3 is 0 Å². The molecule has 74 valence electrons. The summed E-state index contributed by atoms with van der Waals surface area (Å²) in [5.74, 6) is 2.37. The van der Waals surface area contributed by atoms with Gasteiger partial charge in [-0.15, -0.1) is 17.8 Å². The molecule has 0 fully saturated rings. The van der Waals surface area contributed by atoms with E-state index in [0.29, 0.717) is 4.88 Å². The van der Waals surface area contributed by atoms with Gasteiger partial charge < -0.3 is 5.32 Å². The van der Waals surface area contributed by atoms with Crippen LogP contribution in [0.2, 0.25) is 0 Å². The van der Waals surface area contributed by atoms with Gasteiger partial charge in [-0.05, 0) is 13.3 Å². The first-order chi connectivity index (χ1) is 6.67. The van der Waals surface area contributed by atoms with Crippen molar-refractivity contribution in [1.82, 2.24) is 10.3 Å². The van der Waals surface area contributed by atoms with E-state index in [2.05, 4.69) is 16.2 Å². The fourth-order valence-electron chi connectivity index (χ4n) is 0.957. The van der Waals surface area contributed by atoms with Crippen LogP contribution in [0.3, 0.4) is 0 Å². The first-order valence-corrected chi connectivity index (χ1v) is 5.18. The Kier molecular flexibility index (Phi) is 3.66. The molecule has 0 spiro atoms. The Labute approximate surface area is 87.6 Å². The summed E-state index contributed by atoms with van der Waals surface area (Å²) >= 11 is 1.37. The second-order valence-electron chi connectivity index (χ2n) is 2.84. The van der Waals surface area contributed by atoms with Crippen LogP contribution >= 0.6 is 11.3 Å². The molecule has 0 aromatic carbocycles. The van der Waals surface area contributed by atoms with Crippen molar-refractivity contribution in [2.75, 3.05) is 0 Å². The van der Waals surface area contributed by atoms with Crippen LogP contribution in [0.5, 0.6) is 0 Å². The number of thiazole rings is 1. The molecule has 0 radical (unpaired) electrons. The molecule has 1 amide bonds. The van der Waals surface area contributed by atoms with Crippen LogP contribution in [0.25, 0.3) is 0 Å². The minimum atomic E-state index is -0.190. The van der Waals surface area contributed by atoms with Crippen molar-refractivity contribution in [1.29, 1.82) is 0 Å². The predicted molar refractivity (Wildman–Crippen MR) is 57.2 cm³/mol. The average molecular weight is 208 g/mol. The molecule has 0 bridgehead atoms. The number of terminal acetylenes is 1. The molecule has 3 nitrogen and oxygen atoms in total. The van der Waals surface area contributed by atoms with E-state index in [4.69, 9.17) is 6.42 Å². The Morgan fingerprint density at radius 3 is 3.00 bits per heavy atom. The lowest BCUT2D eigenvalue weighted by atomic mass is 10.2. The Morgan fingerprint density at radius 2 is 2.57 bits per heavy atom. The van der Waals surface area contributed by atoms with Gasteiger partial charge in [0.1, 0.15) is 4.88 Å². The number of hydrogen-bond donors (Lipinski definition) is 1. The van der Waals surface area contributed by atoms with Crippen LogP contribution < -0.4 is 5.32 Å². The smallest absolute Gasteiger partial charge is 0.263 e. The third kappa shape index (κ3) is 2.57. The fraction of sp³-hybridized carbons (Fsp3) is 0.400. The lowest BCUT2D eigenvalue weighted by Crippen LogP contribution is -2.32. The van der Waals surface area contributed by atoms with Crippen molar-refractivity contribution >= 4 is 17.2 Å². The maximum Gasteiger partial charge on any atom is 0.263 e. The highest BCUT2D eigenvalue weighted by atomic mass is 32.1. The Morgan fingerprint density at radius 1 is 1.86 bits per heavy atom. The molecular formula is C10H12N2OS. The molecule has 14 heavy (non-hydrogen) atoms. The van der Waals surface area contributed by atoms with Gasteiger partial charge in [0.2, 0.25) is 0 Å². The monoisotopic (exact) mass is 208 g/mol. The van der Waals surface area contributed by atoms with Gasteiger partial charge in [0.15, 0.2) is 0 Å². The zero-order chi connectivity index (χ0) is 10.6. The van der Waals surface area contributed by atoms with E-state index in [1.165, 1.54) is 11.3 Å². The number of nitrogens with one attached hydrogen (secondary N) is 1. The number of hydrogen-bond acceptors (Lipinski definition) is 3. The first-order valence-electron chi connectivity index (χ1n) is 4.36. The standard InChI is InChI=1S/C10H12N2OS/c1-4-8(5-2)12-10(13)9-6-11-7(3)14-9/h1,6,8H,5H2,2-3H3,(H,12,13). The molecule has 0 aliphatic rings. The second-order valence-corrected chi connectivity index (χ2v) is 4.08. The third-order valence-corrected chi connectivity index (χ3v) is 2.67. The highest BCUT2D eigenvalue weighted by Gasteiger charge is 2.11. The third-order valence-electron chi connectivity index (χ3n) is 1.76. The Hall–Kier alpha value is -1.34. The van der Waals surface area contributed by atoms with Crippen LogP contribution in [-0.4, -0.2) is 16.9 Å². The number of carbonyl (C=O) groups excluding carboxylic acids is 1. The maximum absolute atomic E-state index is 11.5. The summed E-state index contributed by atoms with van der Waals surface area (Å²) in [6, 6.07) is -0.190. The summed E-state index contributed by atoms with van der Waals surface area (Å²) in [6.07, 6.45) is 7.54. The molecule has 1 atom stereocenters. The number of amides is 1. The van der Waals surface area contributed by atoms with E-state index in [1.54, 1.807) is 6.20 Å². The Balaban J connectivity index is 2.64. The predicted octanol–water partition coefficient (Wildman–Crippen LogP) is 1.59. The Bertz CT molecular complexity index is 364. The molecule has 0 aliphatic heterocycles. The van der Waals surface area contributed by atoms with E-state index in [-0.39, 0.29) is 11.9 Å². The van der Waals surface area contributed by atoms with Gasteiger partial charge in [0.05, 0.1) is 17.2 Å². The summed E-state index contributed by atoms with van der Waals surface area (Å²) in [7, 11) is 0. The van der Waals surface area contributed by atoms with Crippen LogP contribution in [0.1, 0.15) is 28.0 Å². The summed E-state index contributed by atoms with van der Waals surface area (Å²) in [5, 5.41) is 3.62. The highest BCUT2D eigenvalue weighted by molar-refractivity contribution is 7.13. The molecular weight excluding hydrogens is 196 g/mol. The molecule has 1 heterocycles. The summed E-state index contributed by atoms with van der Waals surface area (Å²) in [4.78, 5) is 16.2. The lowest BCUT2D eigenvalue weighted by Gasteiger charge is -2.08. The minimum Gasteiger partial charge on any atom is -0.338 e. The largest absolute Gasteiger partial charge is 0.338 e. The van der Waals surface area contributed by atoms with Crippen molar-refractivity contribution in [3.63, 3.8) is 0 Å². The zero-order valence-corrected chi connectivity index (χ0v) is 9.02. The van der Waals surface area contributed by atoms with Gasteiger partial charge in [0.25, 0.3) is 5.91 Å². The molecule has 0 saturated carbocycles. The zero-order valence-electron chi connectivity index (χ0n) is 8.20. The van der Waals surface area contributed by atoms with E-state index in [0.717, 1.165) is 11.4 Å². The van der Waals surface area contributed by atoms with Crippen LogP contribution in [0.15, 0.2) is 6.20 Å². The summed E-state index contributed by atoms with van der Waals surface area (Å²) < 4.78 is 0. The molecule has 1 rings (SSSR count). The van der Waals surface area contributed by atoms with E-state index in [1.807, 2.05) is 13.8 Å². The van der Waals surface area contributed by atoms with Gasteiger partial charge in [-0.2, -0.15) is 0 Å². The number of aromatic nitrogens is 1. The number of rotatable bonds is 3. The maximum atomic E-state index is 11.5. The van der Waals surface area contributed by atoms with Crippen LogP contribution in [-0.2, 0) is 0 Å². The normalized spacial score (nSPS) is 11.8. The number of nitrogens with zero attached hydrogens (tertiary/aromatic N) is 1. The number of carbonyl (C=O) groups is 1. The van der Waals surface area contributed by atoms with E-state index in [9.17, 15) is 4.79 Å². The van der Waals surface area contributed by atoms with Gasteiger partial charge in [-0.3, -0.25) is 4.79 Å². The van der Waals surface area contributed by atoms with Crippen LogP contribution in [0.4, 0.5) is 0 Å². The van der Waals surface area contributed by atoms with Crippen molar-refractivity contribution < 1.29 is 4.79 Å². The second kappa shape index (κ2) is 4.77. The van der Waals surface area contributed by atoms with Crippen molar-refractivity contribution in [2.45, 2.75) is 26.3 Å². The molecule has 1 aromatic rings. The SMILES string of the molecule is C#CC(CC)NC(=O)c1cnc(C)s1. The van der Waals surface area contributed by atoms with Crippen LogP contribution in [0, 0.1) is 19.3 Å². The molecule has 0 saturated heterocycles. The molecule has 1 unspecified atom stereocenters. The summed E-state index contributed by atoms with van der Waals surface area (Å²) in [5.41, 5.74) is 0. The average Bonchev–Trinajstić information content (AvgIpc) is 2.61. The first kappa shape index (κ1) is 10.7. The van der Waals surface area contributed by atoms with Gasteiger partial charge in [0, 0.05) is 0 Å². The molecule has 4 heteroatoms. The number of aryl methyl sites for hydroxylation is 1.